The fourth-order valence-electron chi connectivity index (χ4n) is 2.56. The lowest BCUT2D eigenvalue weighted by Crippen LogP contribution is -2.21. The van der Waals surface area contributed by atoms with Gasteiger partial charge in [-0.25, -0.2) is 0 Å². The van der Waals surface area contributed by atoms with Crippen molar-refractivity contribution in [2.45, 2.75) is 38.3 Å². The summed E-state index contributed by atoms with van der Waals surface area (Å²) in [6.45, 7) is 1.01. The van der Waals surface area contributed by atoms with E-state index in [1.807, 2.05) is 18.2 Å². The first kappa shape index (κ1) is 11.4. The molecule has 1 aliphatic heterocycles. The van der Waals surface area contributed by atoms with Crippen molar-refractivity contribution in [1.29, 1.82) is 0 Å². The van der Waals surface area contributed by atoms with Crippen LogP contribution < -0.4 is 5.73 Å². The Kier molecular flexibility index (Phi) is 3.11. The summed E-state index contributed by atoms with van der Waals surface area (Å²) in [4.78, 5) is 0. The third-order valence-electron chi connectivity index (χ3n) is 3.52. The van der Waals surface area contributed by atoms with Gasteiger partial charge in [0.2, 0.25) is 0 Å². The summed E-state index contributed by atoms with van der Waals surface area (Å²) in [7, 11) is 0. The molecule has 1 unspecified atom stereocenters. The van der Waals surface area contributed by atoms with E-state index in [0.717, 1.165) is 31.0 Å². The molecule has 0 bridgehead atoms. The van der Waals surface area contributed by atoms with E-state index in [0.29, 0.717) is 0 Å². The van der Waals surface area contributed by atoms with Crippen molar-refractivity contribution in [3.05, 3.63) is 47.5 Å². The van der Waals surface area contributed by atoms with Crippen LogP contribution in [-0.2, 0) is 19.4 Å². The van der Waals surface area contributed by atoms with Crippen LogP contribution in [0.4, 0.5) is 0 Å². The number of aromatic nitrogens is 3. The second-order valence-corrected chi connectivity index (χ2v) is 4.88. The van der Waals surface area contributed by atoms with Gasteiger partial charge in [-0.15, -0.1) is 10.2 Å². The molecule has 0 amide bonds. The predicted octanol–water partition coefficient (Wildman–Crippen LogP) is 1.86. The molecule has 4 heteroatoms. The lowest BCUT2D eigenvalue weighted by Gasteiger charge is -2.17. The van der Waals surface area contributed by atoms with Crippen LogP contribution in [-0.4, -0.2) is 14.8 Å². The smallest absolute Gasteiger partial charge is 0.150 e. The summed E-state index contributed by atoms with van der Waals surface area (Å²) >= 11 is 0. The fourth-order valence-corrected chi connectivity index (χ4v) is 2.56. The van der Waals surface area contributed by atoms with Crippen LogP contribution in [0.3, 0.4) is 0 Å². The predicted molar refractivity (Wildman–Crippen MR) is 70.0 cm³/mol. The Balaban J connectivity index is 1.80. The highest BCUT2D eigenvalue weighted by Crippen LogP contribution is 2.20. The van der Waals surface area contributed by atoms with E-state index in [9.17, 15) is 0 Å². The number of fused-ring (bicyclic) bond motifs is 1. The molecule has 94 valence electrons. The Morgan fingerprint density at radius 1 is 1.17 bits per heavy atom. The first-order chi connectivity index (χ1) is 8.84. The third kappa shape index (κ3) is 2.16. The standard InChI is InChI=1S/C14H18N4/c15-12(10-11-6-2-1-3-7-11)14-17-16-13-8-4-5-9-18(13)14/h1-3,6-7,12H,4-5,8-10,15H2. The van der Waals surface area contributed by atoms with Gasteiger partial charge in [-0.05, 0) is 24.8 Å². The summed E-state index contributed by atoms with van der Waals surface area (Å²) in [6, 6.07) is 10.3. The zero-order chi connectivity index (χ0) is 12.4. The molecule has 2 aromatic rings. The van der Waals surface area contributed by atoms with Crippen LogP contribution in [0.25, 0.3) is 0 Å². The van der Waals surface area contributed by atoms with Crippen LogP contribution in [0.5, 0.6) is 0 Å². The molecule has 0 aliphatic carbocycles. The Labute approximate surface area is 107 Å². The number of benzene rings is 1. The van der Waals surface area contributed by atoms with Gasteiger partial charge in [-0.1, -0.05) is 30.3 Å². The lowest BCUT2D eigenvalue weighted by atomic mass is 10.1. The number of hydrogen-bond acceptors (Lipinski definition) is 3. The van der Waals surface area contributed by atoms with Crippen molar-refractivity contribution in [1.82, 2.24) is 14.8 Å². The minimum absolute atomic E-state index is 0.0632. The monoisotopic (exact) mass is 242 g/mol. The molecule has 1 atom stereocenters. The lowest BCUT2D eigenvalue weighted by molar-refractivity contribution is 0.489. The molecule has 0 saturated carbocycles. The number of nitrogens with two attached hydrogens (primary N) is 1. The van der Waals surface area contributed by atoms with E-state index in [4.69, 9.17) is 5.73 Å². The molecule has 1 aromatic heterocycles. The molecule has 3 rings (SSSR count). The Morgan fingerprint density at radius 3 is 2.83 bits per heavy atom. The van der Waals surface area contributed by atoms with Gasteiger partial charge in [0, 0.05) is 13.0 Å². The molecular formula is C14H18N4. The largest absolute Gasteiger partial charge is 0.321 e. The van der Waals surface area contributed by atoms with Gasteiger partial charge < -0.3 is 10.3 Å². The topological polar surface area (TPSA) is 56.7 Å². The van der Waals surface area contributed by atoms with Crippen LogP contribution >= 0.6 is 0 Å². The van der Waals surface area contributed by atoms with Crippen molar-refractivity contribution >= 4 is 0 Å². The zero-order valence-corrected chi connectivity index (χ0v) is 10.4. The van der Waals surface area contributed by atoms with Gasteiger partial charge in [0.05, 0.1) is 6.04 Å². The van der Waals surface area contributed by atoms with E-state index >= 15 is 0 Å². The van der Waals surface area contributed by atoms with E-state index in [2.05, 4.69) is 26.9 Å². The van der Waals surface area contributed by atoms with Crippen LogP contribution in [0.15, 0.2) is 30.3 Å². The van der Waals surface area contributed by atoms with Gasteiger partial charge >= 0.3 is 0 Å². The normalized spacial score (nSPS) is 16.3. The highest BCUT2D eigenvalue weighted by atomic mass is 15.3. The second-order valence-electron chi connectivity index (χ2n) is 4.88. The third-order valence-corrected chi connectivity index (χ3v) is 3.52. The molecule has 1 aliphatic rings. The maximum absolute atomic E-state index is 6.27. The summed E-state index contributed by atoms with van der Waals surface area (Å²) in [5.74, 6) is 2.04. The average molecular weight is 242 g/mol. The minimum atomic E-state index is -0.0632. The molecule has 0 fully saturated rings. The summed E-state index contributed by atoms with van der Waals surface area (Å²) in [5.41, 5.74) is 7.52. The highest BCUT2D eigenvalue weighted by Gasteiger charge is 2.20. The Bertz CT molecular complexity index is 518. The van der Waals surface area contributed by atoms with E-state index in [1.165, 1.54) is 18.4 Å². The average Bonchev–Trinajstić information content (AvgIpc) is 2.84. The summed E-state index contributed by atoms with van der Waals surface area (Å²) < 4.78 is 2.21. The molecule has 0 radical (unpaired) electrons. The van der Waals surface area contributed by atoms with Crippen LogP contribution in [0.2, 0.25) is 0 Å². The van der Waals surface area contributed by atoms with E-state index in [-0.39, 0.29) is 6.04 Å². The molecular weight excluding hydrogens is 224 g/mol. The SMILES string of the molecule is NC(Cc1ccccc1)c1nnc2n1CCCC2. The van der Waals surface area contributed by atoms with E-state index < -0.39 is 0 Å². The first-order valence-corrected chi connectivity index (χ1v) is 6.56. The van der Waals surface area contributed by atoms with Crippen LogP contribution in [0.1, 0.15) is 36.1 Å². The number of rotatable bonds is 3. The van der Waals surface area contributed by atoms with E-state index in [1.54, 1.807) is 0 Å². The van der Waals surface area contributed by atoms with Gasteiger partial charge in [0.1, 0.15) is 11.6 Å². The van der Waals surface area contributed by atoms with Crippen molar-refractivity contribution in [2.24, 2.45) is 5.73 Å². The van der Waals surface area contributed by atoms with Crippen molar-refractivity contribution in [3.8, 4) is 0 Å². The number of aryl methyl sites for hydroxylation is 1. The fraction of sp³-hybridized carbons (Fsp3) is 0.429. The molecule has 4 nitrogen and oxygen atoms in total. The minimum Gasteiger partial charge on any atom is -0.321 e. The Hall–Kier alpha value is -1.68. The maximum Gasteiger partial charge on any atom is 0.150 e. The van der Waals surface area contributed by atoms with Gasteiger partial charge in [-0.2, -0.15) is 0 Å². The summed E-state index contributed by atoms with van der Waals surface area (Å²) in [5, 5.41) is 8.53. The van der Waals surface area contributed by atoms with Crippen molar-refractivity contribution in [2.75, 3.05) is 0 Å². The van der Waals surface area contributed by atoms with Gasteiger partial charge in [0.25, 0.3) is 0 Å². The molecule has 0 saturated heterocycles. The maximum atomic E-state index is 6.27. The van der Waals surface area contributed by atoms with Gasteiger partial charge in [0.15, 0.2) is 0 Å². The van der Waals surface area contributed by atoms with Gasteiger partial charge in [-0.3, -0.25) is 0 Å². The molecule has 1 aromatic carbocycles. The Morgan fingerprint density at radius 2 is 2.00 bits per heavy atom. The number of hydrogen-bond donors (Lipinski definition) is 1. The second kappa shape index (κ2) is 4.90. The zero-order valence-electron chi connectivity index (χ0n) is 10.4. The molecule has 2 heterocycles. The molecule has 2 N–H and O–H groups in total. The molecule has 18 heavy (non-hydrogen) atoms. The number of nitrogens with zero attached hydrogens (tertiary/aromatic N) is 3. The van der Waals surface area contributed by atoms with Crippen molar-refractivity contribution in [3.63, 3.8) is 0 Å². The quantitative estimate of drug-likeness (QED) is 0.893. The molecule has 0 spiro atoms. The highest BCUT2D eigenvalue weighted by molar-refractivity contribution is 5.17. The first-order valence-electron chi connectivity index (χ1n) is 6.56. The van der Waals surface area contributed by atoms with Crippen LogP contribution in [0, 0.1) is 0 Å². The van der Waals surface area contributed by atoms with Crippen molar-refractivity contribution < 1.29 is 0 Å². The summed E-state index contributed by atoms with van der Waals surface area (Å²) in [6.07, 6.45) is 4.27.